The van der Waals surface area contributed by atoms with Crippen LogP contribution in [0.5, 0.6) is 0 Å². The monoisotopic (exact) mass is 388 g/mol. The minimum absolute atomic E-state index is 0.131. The van der Waals surface area contributed by atoms with Crippen LogP contribution >= 0.6 is 0 Å². The Morgan fingerprint density at radius 3 is 2.61 bits per heavy atom. The number of benzene rings is 1. The molecule has 1 amide bonds. The summed E-state index contributed by atoms with van der Waals surface area (Å²) in [5, 5.41) is 7.12. The fourth-order valence-corrected chi connectivity index (χ4v) is 3.18. The zero-order valence-electron chi connectivity index (χ0n) is 15.0. The highest BCUT2D eigenvalue weighted by Crippen LogP contribution is 2.39. The first kappa shape index (κ1) is 18.5. The fourth-order valence-electron chi connectivity index (χ4n) is 3.18. The van der Waals surface area contributed by atoms with E-state index >= 15 is 0 Å². The van der Waals surface area contributed by atoms with Crippen LogP contribution in [-0.4, -0.2) is 26.8 Å². The van der Waals surface area contributed by atoms with Crippen molar-refractivity contribution in [2.45, 2.75) is 44.4 Å². The van der Waals surface area contributed by atoms with Gasteiger partial charge in [0.2, 0.25) is 5.91 Å². The van der Waals surface area contributed by atoms with E-state index in [9.17, 15) is 18.0 Å². The van der Waals surface area contributed by atoms with Gasteiger partial charge in [0.15, 0.2) is 0 Å². The molecule has 2 heterocycles. The van der Waals surface area contributed by atoms with Gasteiger partial charge >= 0.3 is 6.18 Å². The summed E-state index contributed by atoms with van der Waals surface area (Å²) in [5.41, 5.74) is 3.14. The predicted molar refractivity (Wildman–Crippen MR) is 97.6 cm³/mol. The van der Waals surface area contributed by atoms with Crippen LogP contribution in [0.3, 0.4) is 0 Å². The molecule has 28 heavy (non-hydrogen) atoms. The Labute approximate surface area is 159 Å². The van der Waals surface area contributed by atoms with Crippen molar-refractivity contribution in [2.24, 2.45) is 0 Å². The van der Waals surface area contributed by atoms with E-state index in [0.29, 0.717) is 22.5 Å². The van der Waals surface area contributed by atoms with Crippen LogP contribution < -0.4 is 5.32 Å². The van der Waals surface area contributed by atoms with Gasteiger partial charge in [-0.05, 0) is 36.0 Å². The Hall–Kier alpha value is -2.90. The number of carbonyl (C=O) groups excluding carboxylic acids is 1. The van der Waals surface area contributed by atoms with Crippen molar-refractivity contribution in [1.29, 1.82) is 0 Å². The molecule has 5 nitrogen and oxygen atoms in total. The summed E-state index contributed by atoms with van der Waals surface area (Å²) < 4.78 is 38.5. The summed E-state index contributed by atoms with van der Waals surface area (Å²) >= 11 is 0. The van der Waals surface area contributed by atoms with Crippen molar-refractivity contribution in [2.75, 3.05) is 0 Å². The zero-order chi connectivity index (χ0) is 19.7. The number of carbonyl (C=O) groups is 1. The highest BCUT2D eigenvalue weighted by molar-refractivity contribution is 5.79. The molecule has 1 aliphatic rings. The third-order valence-corrected chi connectivity index (χ3v) is 4.77. The first-order chi connectivity index (χ1) is 13.4. The van der Waals surface area contributed by atoms with Gasteiger partial charge in [0.25, 0.3) is 0 Å². The largest absolute Gasteiger partial charge is 0.408 e. The Morgan fingerprint density at radius 1 is 1.18 bits per heavy atom. The summed E-state index contributed by atoms with van der Waals surface area (Å²) in [4.78, 5) is 16.3. The van der Waals surface area contributed by atoms with Crippen LogP contribution in [0.25, 0.3) is 10.9 Å². The van der Waals surface area contributed by atoms with E-state index in [0.717, 1.165) is 10.2 Å². The van der Waals surface area contributed by atoms with E-state index in [1.165, 1.54) is 30.8 Å². The third kappa shape index (κ3) is 4.49. The summed E-state index contributed by atoms with van der Waals surface area (Å²) in [5.74, 6) is 0.554. The van der Waals surface area contributed by atoms with Crippen molar-refractivity contribution in [3.05, 3.63) is 59.5 Å². The van der Waals surface area contributed by atoms with Gasteiger partial charge in [0.05, 0.1) is 36.6 Å². The second-order valence-electron chi connectivity index (χ2n) is 7.12. The van der Waals surface area contributed by atoms with Gasteiger partial charge in [-0.2, -0.15) is 18.3 Å². The number of rotatable bonds is 6. The number of aromatic nitrogens is 3. The van der Waals surface area contributed by atoms with Gasteiger partial charge in [-0.3, -0.25) is 14.5 Å². The number of fused-ring (bicyclic) bond motifs is 1. The molecule has 0 saturated heterocycles. The van der Waals surface area contributed by atoms with Gasteiger partial charge in [-0.15, -0.1) is 0 Å². The molecule has 0 unspecified atom stereocenters. The van der Waals surface area contributed by atoms with E-state index in [1.54, 1.807) is 6.07 Å². The molecule has 0 radical (unpaired) electrons. The number of hydrogen-bond acceptors (Lipinski definition) is 3. The van der Waals surface area contributed by atoms with Crippen LogP contribution in [0.15, 0.2) is 42.7 Å². The zero-order valence-corrected chi connectivity index (χ0v) is 15.0. The minimum Gasteiger partial charge on any atom is -0.350 e. The summed E-state index contributed by atoms with van der Waals surface area (Å²) in [7, 11) is 0. The average Bonchev–Trinajstić information content (AvgIpc) is 3.42. The Balaban J connectivity index is 1.34. The van der Waals surface area contributed by atoms with Crippen molar-refractivity contribution in [1.82, 2.24) is 20.1 Å². The van der Waals surface area contributed by atoms with Crippen LogP contribution in [0.2, 0.25) is 0 Å². The lowest BCUT2D eigenvalue weighted by atomic mass is 10.1. The number of hydrogen-bond donors (Lipinski definition) is 1. The standard InChI is InChI=1S/C20H19F3N4O/c21-20(22,23)12-27-18-11-24-17(8-16(18)9-26-27)10-25-19(28)7-13-1-3-14(4-2-13)15-5-6-15/h1-4,8-9,11,15H,5-7,10,12H2,(H,25,28). The molecule has 1 fully saturated rings. The average molecular weight is 388 g/mol. The molecule has 1 N–H and O–H groups in total. The van der Waals surface area contributed by atoms with Crippen LogP contribution in [-0.2, 0) is 24.3 Å². The van der Waals surface area contributed by atoms with Crippen LogP contribution in [0.4, 0.5) is 13.2 Å². The maximum atomic E-state index is 12.6. The van der Waals surface area contributed by atoms with E-state index in [4.69, 9.17) is 0 Å². The maximum Gasteiger partial charge on any atom is 0.408 e. The topological polar surface area (TPSA) is 59.8 Å². The van der Waals surface area contributed by atoms with Crippen LogP contribution in [0, 0.1) is 0 Å². The van der Waals surface area contributed by atoms with E-state index < -0.39 is 12.7 Å². The van der Waals surface area contributed by atoms with Crippen molar-refractivity contribution in [3.63, 3.8) is 0 Å². The SMILES string of the molecule is O=C(Cc1ccc(C2CC2)cc1)NCc1cc2cnn(CC(F)(F)F)c2cn1. The molecule has 1 aromatic carbocycles. The molecule has 3 aromatic rings. The predicted octanol–water partition coefficient (Wildman–Crippen LogP) is 3.73. The number of nitrogens with one attached hydrogen (secondary N) is 1. The Bertz CT molecular complexity index is 991. The van der Waals surface area contributed by atoms with Gasteiger partial charge in [-0.25, -0.2) is 0 Å². The molecule has 8 heteroatoms. The molecule has 0 atom stereocenters. The van der Waals surface area contributed by atoms with E-state index in [1.807, 2.05) is 12.1 Å². The highest BCUT2D eigenvalue weighted by atomic mass is 19.4. The third-order valence-electron chi connectivity index (χ3n) is 4.77. The summed E-state index contributed by atoms with van der Waals surface area (Å²) in [6, 6.07) is 9.75. The number of halogens is 3. The molecule has 0 aliphatic heterocycles. The lowest BCUT2D eigenvalue weighted by molar-refractivity contribution is -0.141. The lowest BCUT2D eigenvalue weighted by Crippen LogP contribution is -2.25. The smallest absolute Gasteiger partial charge is 0.350 e. The van der Waals surface area contributed by atoms with Crippen molar-refractivity contribution >= 4 is 16.8 Å². The number of amides is 1. The van der Waals surface area contributed by atoms with Gasteiger partial charge in [0.1, 0.15) is 6.54 Å². The molecular formula is C20H19F3N4O. The van der Waals surface area contributed by atoms with Crippen LogP contribution in [0.1, 0.15) is 35.6 Å². The van der Waals surface area contributed by atoms with E-state index in [-0.39, 0.29) is 18.9 Å². The quantitative estimate of drug-likeness (QED) is 0.700. The first-order valence-electron chi connectivity index (χ1n) is 9.10. The maximum absolute atomic E-state index is 12.6. The van der Waals surface area contributed by atoms with E-state index in [2.05, 4.69) is 27.5 Å². The molecule has 0 bridgehead atoms. The second kappa shape index (κ2) is 7.26. The lowest BCUT2D eigenvalue weighted by Gasteiger charge is -2.08. The number of pyridine rings is 1. The van der Waals surface area contributed by atoms with Gasteiger partial charge in [-0.1, -0.05) is 24.3 Å². The molecule has 4 rings (SSSR count). The molecule has 1 aliphatic carbocycles. The number of alkyl halides is 3. The Kier molecular flexibility index (Phi) is 4.78. The fraction of sp³-hybridized carbons (Fsp3) is 0.350. The first-order valence-corrected chi connectivity index (χ1v) is 9.10. The van der Waals surface area contributed by atoms with Gasteiger partial charge in [0, 0.05) is 5.39 Å². The van der Waals surface area contributed by atoms with Gasteiger partial charge < -0.3 is 5.32 Å². The minimum atomic E-state index is -4.34. The summed E-state index contributed by atoms with van der Waals surface area (Å²) in [6.45, 7) is -0.951. The molecular weight excluding hydrogens is 369 g/mol. The highest BCUT2D eigenvalue weighted by Gasteiger charge is 2.29. The van der Waals surface area contributed by atoms with Crippen molar-refractivity contribution < 1.29 is 18.0 Å². The second-order valence-corrected chi connectivity index (χ2v) is 7.12. The molecule has 146 valence electrons. The summed E-state index contributed by atoms with van der Waals surface area (Å²) in [6.07, 6.45) is 1.14. The van der Waals surface area contributed by atoms with Crippen molar-refractivity contribution in [3.8, 4) is 0 Å². The molecule has 1 saturated carbocycles. The molecule has 0 spiro atoms. The number of nitrogens with zero attached hydrogens (tertiary/aromatic N) is 3. The molecule has 2 aromatic heterocycles. The Morgan fingerprint density at radius 2 is 1.93 bits per heavy atom. The normalized spacial score (nSPS) is 14.4.